The molecule has 0 saturated heterocycles. The lowest BCUT2D eigenvalue weighted by Gasteiger charge is -2.19. The van der Waals surface area contributed by atoms with E-state index < -0.39 is 30.1 Å². The molecular formula is C14H16N2O6S. The van der Waals surface area contributed by atoms with Crippen LogP contribution in [0.15, 0.2) is 46.2 Å². The van der Waals surface area contributed by atoms with E-state index in [1.54, 1.807) is 13.8 Å². The molecule has 8 nitrogen and oxygen atoms in total. The van der Waals surface area contributed by atoms with E-state index in [-0.39, 0.29) is 11.4 Å². The molecule has 9 heteroatoms. The molecule has 0 aromatic heterocycles. The number of hydrogen-bond acceptors (Lipinski definition) is 6. The molecule has 2 aromatic carbocycles. The van der Waals surface area contributed by atoms with E-state index in [0.29, 0.717) is 11.1 Å². The van der Waals surface area contributed by atoms with Crippen molar-refractivity contribution in [1.82, 2.24) is 0 Å². The molecule has 0 aliphatic rings. The maximum Gasteiger partial charge on any atom is 0.218 e. The first-order valence-electron chi connectivity index (χ1n) is 6.57. The normalized spacial score (nSPS) is 14.5. The predicted octanol–water partition coefficient (Wildman–Crippen LogP) is -0.0570. The third kappa shape index (κ3) is 3.41. The Morgan fingerprint density at radius 3 is 1.48 bits per heavy atom. The smallest absolute Gasteiger partial charge is 0.218 e. The van der Waals surface area contributed by atoms with Crippen molar-refractivity contribution in [2.24, 2.45) is 0 Å². The van der Waals surface area contributed by atoms with Crippen LogP contribution in [-0.2, 0) is 9.84 Å². The second-order valence-electron chi connectivity index (χ2n) is 5.11. The number of benzene rings is 2. The number of aryl methyl sites for hydroxylation is 2. The van der Waals surface area contributed by atoms with Crippen LogP contribution in [0.5, 0.6) is 0 Å². The molecule has 0 aliphatic heterocycles. The average molecular weight is 340 g/mol. The van der Waals surface area contributed by atoms with Crippen molar-refractivity contribution in [3.8, 4) is 0 Å². The van der Waals surface area contributed by atoms with Gasteiger partial charge in [-0.1, -0.05) is 12.1 Å². The van der Waals surface area contributed by atoms with Crippen molar-refractivity contribution in [2.75, 3.05) is 0 Å². The molecule has 0 bridgehead atoms. The second-order valence-corrected chi connectivity index (χ2v) is 7.00. The van der Waals surface area contributed by atoms with E-state index in [1.807, 2.05) is 0 Å². The fraction of sp³-hybridized carbons (Fsp3) is 0.143. The molecule has 0 fully saturated rings. The highest BCUT2D eigenvalue weighted by Crippen LogP contribution is 2.30. The maximum atomic E-state index is 12.8. The topological polar surface area (TPSA) is 130 Å². The second kappa shape index (κ2) is 6.34. The summed E-state index contributed by atoms with van der Waals surface area (Å²) < 4.78 is 25.6. The molecule has 0 saturated carbocycles. The minimum absolute atomic E-state index is 0.387. The summed E-state index contributed by atoms with van der Waals surface area (Å²) in [7, 11) is -4.29. The van der Waals surface area contributed by atoms with Crippen LogP contribution in [0.4, 0.5) is 11.4 Å². The van der Waals surface area contributed by atoms with Crippen LogP contribution in [0, 0.1) is 24.3 Å². The van der Waals surface area contributed by atoms with Crippen molar-refractivity contribution in [2.45, 2.75) is 23.6 Å². The number of hydrogen-bond donors (Lipinski definition) is 4. The molecule has 2 atom stereocenters. The van der Waals surface area contributed by atoms with Crippen molar-refractivity contribution < 1.29 is 29.3 Å². The van der Waals surface area contributed by atoms with Crippen molar-refractivity contribution in [1.29, 1.82) is 0 Å². The zero-order valence-corrected chi connectivity index (χ0v) is 13.2. The van der Waals surface area contributed by atoms with Crippen LogP contribution in [0.2, 0.25) is 0 Å². The lowest BCUT2D eigenvalue weighted by molar-refractivity contribution is -0.992. The molecule has 2 aromatic rings. The SMILES string of the molecule is Cc1ccc(S(=O)(=O)c2ccc(C)cc2[NH+]([O-])O)c([NH+]([O-])O)c1. The van der Waals surface area contributed by atoms with Crippen LogP contribution in [0.1, 0.15) is 11.1 Å². The van der Waals surface area contributed by atoms with E-state index >= 15 is 0 Å². The molecule has 2 rings (SSSR count). The highest BCUT2D eigenvalue weighted by atomic mass is 32.2. The lowest BCUT2D eigenvalue weighted by atomic mass is 10.2. The van der Waals surface area contributed by atoms with Crippen LogP contribution >= 0.6 is 0 Å². The fourth-order valence-electron chi connectivity index (χ4n) is 2.21. The summed E-state index contributed by atoms with van der Waals surface area (Å²) in [6.07, 6.45) is 0. The van der Waals surface area contributed by atoms with E-state index in [1.165, 1.54) is 36.4 Å². The van der Waals surface area contributed by atoms with Gasteiger partial charge < -0.3 is 10.4 Å². The first kappa shape index (κ1) is 17.5. The Balaban J connectivity index is 2.74. The number of nitrogens with one attached hydrogen (secondary N) is 2. The third-order valence-corrected chi connectivity index (χ3v) is 5.18. The van der Waals surface area contributed by atoms with Crippen LogP contribution in [0.3, 0.4) is 0 Å². The summed E-state index contributed by atoms with van der Waals surface area (Å²) in [4.78, 5) is -0.857. The Kier molecular flexibility index (Phi) is 4.82. The van der Waals surface area contributed by atoms with Gasteiger partial charge in [-0.15, -0.1) is 0 Å². The van der Waals surface area contributed by atoms with Gasteiger partial charge in [-0.25, -0.2) is 18.8 Å². The summed E-state index contributed by atoms with van der Waals surface area (Å²) in [6, 6.07) is 7.77. The third-order valence-electron chi connectivity index (χ3n) is 3.31. The minimum atomic E-state index is -4.29. The summed E-state index contributed by atoms with van der Waals surface area (Å²) in [6.45, 7) is 3.27. The van der Waals surface area contributed by atoms with E-state index in [2.05, 4.69) is 0 Å². The van der Waals surface area contributed by atoms with Gasteiger partial charge in [-0.05, 0) is 37.1 Å². The summed E-state index contributed by atoms with van der Waals surface area (Å²) in [5.41, 5.74) is 0.399. The number of quaternary nitrogens is 2. The molecule has 2 unspecified atom stereocenters. The lowest BCUT2D eigenvalue weighted by Crippen LogP contribution is -2.99. The Morgan fingerprint density at radius 1 is 0.826 bits per heavy atom. The molecule has 0 amide bonds. The van der Waals surface area contributed by atoms with Gasteiger partial charge in [0.1, 0.15) is 9.79 Å². The average Bonchev–Trinajstić information content (AvgIpc) is 2.46. The molecule has 0 heterocycles. The Labute approximate surface area is 132 Å². The van der Waals surface area contributed by atoms with Crippen molar-refractivity contribution in [3.63, 3.8) is 0 Å². The van der Waals surface area contributed by atoms with Gasteiger partial charge in [-0.3, -0.25) is 0 Å². The number of sulfone groups is 1. The summed E-state index contributed by atoms with van der Waals surface area (Å²) in [5.74, 6) is 0. The molecular weight excluding hydrogens is 324 g/mol. The Hall–Kier alpha value is -1.85. The highest BCUT2D eigenvalue weighted by Gasteiger charge is 2.30. The van der Waals surface area contributed by atoms with Gasteiger partial charge in [0.2, 0.25) is 9.84 Å². The van der Waals surface area contributed by atoms with E-state index in [4.69, 9.17) is 0 Å². The molecule has 0 radical (unpaired) electrons. The van der Waals surface area contributed by atoms with Gasteiger partial charge in [0, 0.05) is 12.1 Å². The molecule has 124 valence electrons. The van der Waals surface area contributed by atoms with Crippen LogP contribution in [0.25, 0.3) is 0 Å². The monoisotopic (exact) mass is 340 g/mol. The van der Waals surface area contributed by atoms with E-state index in [9.17, 15) is 29.2 Å². The number of rotatable bonds is 4. The summed E-state index contributed by atoms with van der Waals surface area (Å²) >= 11 is 0. The van der Waals surface area contributed by atoms with Crippen molar-refractivity contribution >= 4 is 21.2 Å². The Bertz CT molecular complexity index is 770. The van der Waals surface area contributed by atoms with Gasteiger partial charge >= 0.3 is 0 Å². The molecule has 4 N–H and O–H groups in total. The first-order valence-corrected chi connectivity index (χ1v) is 8.06. The van der Waals surface area contributed by atoms with E-state index in [0.717, 1.165) is 0 Å². The van der Waals surface area contributed by atoms with Gasteiger partial charge in [-0.2, -0.15) is 10.5 Å². The van der Waals surface area contributed by atoms with Gasteiger partial charge in [0.15, 0.2) is 11.4 Å². The largest absolute Gasteiger partial charge is 0.595 e. The fourth-order valence-corrected chi connectivity index (χ4v) is 3.81. The highest BCUT2D eigenvalue weighted by molar-refractivity contribution is 7.91. The molecule has 0 aliphatic carbocycles. The maximum absolute atomic E-state index is 12.8. The Morgan fingerprint density at radius 2 is 1.17 bits per heavy atom. The van der Waals surface area contributed by atoms with Crippen LogP contribution < -0.4 is 10.5 Å². The predicted molar refractivity (Wildman–Crippen MR) is 79.4 cm³/mol. The molecule has 23 heavy (non-hydrogen) atoms. The minimum Gasteiger partial charge on any atom is -0.595 e. The zero-order valence-electron chi connectivity index (χ0n) is 12.4. The summed E-state index contributed by atoms with van der Waals surface area (Å²) in [5, 5.41) is 38.4. The van der Waals surface area contributed by atoms with Crippen molar-refractivity contribution in [3.05, 3.63) is 57.9 Å². The molecule has 0 spiro atoms. The van der Waals surface area contributed by atoms with Crippen LogP contribution in [-0.4, -0.2) is 18.8 Å². The quantitative estimate of drug-likeness (QED) is 0.577. The standard InChI is InChI=1S/C14H16N2O6S/c1-9-3-5-13(11(7-9)15(17)18)23(21,22)14-6-4-10(2)8-12(14)16(19)20/h3-8,15-17,19H,1-2H3. The first-order chi connectivity index (χ1) is 10.6. The zero-order chi connectivity index (χ0) is 17.4. The van der Waals surface area contributed by atoms with Gasteiger partial charge in [0.25, 0.3) is 0 Å². The van der Waals surface area contributed by atoms with Gasteiger partial charge in [0.05, 0.1) is 0 Å².